The smallest absolute Gasteiger partial charge is 0.0866 e. The second kappa shape index (κ2) is 6.63. The van der Waals surface area contributed by atoms with E-state index in [4.69, 9.17) is 10.7 Å². The standard InChI is InChI=1S/C18H23N3S/c1-3-14-10-15(20-11-13-6-4-5-7-13)18-17(21-14)12(2)16(22-18)8-9-19/h4-6,10H,3,7-9,11,19H2,1-2H3,(H,20,21). The molecule has 0 unspecified atom stereocenters. The number of nitrogens with two attached hydrogens (primary N) is 1. The van der Waals surface area contributed by atoms with Gasteiger partial charge in [0.05, 0.1) is 15.9 Å². The van der Waals surface area contributed by atoms with E-state index in [0.29, 0.717) is 6.54 Å². The van der Waals surface area contributed by atoms with Crippen molar-refractivity contribution in [2.75, 3.05) is 18.4 Å². The summed E-state index contributed by atoms with van der Waals surface area (Å²) < 4.78 is 1.27. The molecule has 3 rings (SSSR count). The number of hydrogen-bond donors (Lipinski definition) is 2. The van der Waals surface area contributed by atoms with Crippen LogP contribution in [0, 0.1) is 6.92 Å². The summed E-state index contributed by atoms with van der Waals surface area (Å²) in [6.45, 7) is 5.92. The van der Waals surface area contributed by atoms with Gasteiger partial charge in [0.2, 0.25) is 0 Å². The van der Waals surface area contributed by atoms with Gasteiger partial charge in [-0.25, -0.2) is 0 Å². The highest BCUT2D eigenvalue weighted by Gasteiger charge is 2.14. The summed E-state index contributed by atoms with van der Waals surface area (Å²) >= 11 is 1.84. The number of thiophene rings is 1. The Morgan fingerprint density at radius 3 is 2.95 bits per heavy atom. The monoisotopic (exact) mass is 313 g/mol. The average molecular weight is 313 g/mol. The highest BCUT2D eigenvalue weighted by Crippen LogP contribution is 2.35. The topological polar surface area (TPSA) is 50.9 Å². The lowest BCUT2D eigenvalue weighted by molar-refractivity contribution is 0.980. The number of allylic oxidation sites excluding steroid dienone is 3. The zero-order chi connectivity index (χ0) is 15.5. The summed E-state index contributed by atoms with van der Waals surface area (Å²) in [4.78, 5) is 6.20. The molecular formula is C18H23N3S. The highest BCUT2D eigenvalue weighted by atomic mass is 32.1. The van der Waals surface area contributed by atoms with Crippen LogP contribution in [0.3, 0.4) is 0 Å². The normalized spacial score (nSPS) is 13.9. The lowest BCUT2D eigenvalue weighted by Gasteiger charge is -2.10. The Labute approximate surface area is 135 Å². The predicted molar refractivity (Wildman–Crippen MR) is 96.8 cm³/mol. The van der Waals surface area contributed by atoms with Gasteiger partial charge in [-0.05, 0) is 49.9 Å². The number of fused-ring (bicyclic) bond motifs is 1. The van der Waals surface area contributed by atoms with E-state index in [-0.39, 0.29) is 0 Å². The van der Waals surface area contributed by atoms with Gasteiger partial charge in [-0.2, -0.15) is 0 Å². The van der Waals surface area contributed by atoms with E-state index in [0.717, 1.165) is 37.0 Å². The van der Waals surface area contributed by atoms with Gasteiger partial charge in [0, 0.05) is 17.1 Å². The fraction of sp³-hybridized carbons (Fsp3) is 0.389. The largest absolute Gasteiger partial charge is 0.380 e. The molecule has 0 atom stereocenters. The van der Waals surface area contributed by atoms with Crippen molar-refractivity contribution in [3.63, 3.8) is 0 Å². The summed E-state index contributed by atoms with van der Waals surface area (Å²) in [7, 11) is 0. The molecule has 0 spiro atoms. The van der Waals surface area contributed by atoms with E-state index in [2.05, 4.69) is 43.5 Å². The number of pyridine rings is 1. The Kier molecular flexibility index (Phi) is 4.60. The molecule has 1 aliphatic carbocycles. The summed E-state index contributed by atoms with van der Waals surface area (Å²) in [5.41, 5.74) is 12.0. The Morgan fingerprint density at radius 1 is 1.41 bits per heavy atom. The van der Waals surface area contributed by atoms with Crippen LogP contribution in [0.5, 0.6) is 0 Å². The average Bonchev–Trinajstić information content (AvgIpc) is 3.15. The van der Waals surface area contributed by atoms with Crippen molar-refractivity contribution >= 4 is 27.2 Å². The Balaban J connectivity index is 1.97. The number of hydrogen-bond acceptors (Lipinski definition) is 4. The molecule has 2 aromatic rings. The first kappa shape index (κ1) is 15.3. The Hall–Kier alpha value is -1.65. The summed E-state index contributed by atoms with van der Waals surface area (Å²) in [6.07, 6.45) is 9.48. The quantitative estimate of drug-likeness (QED) is 0.848. The molecule has 1 aliphatic rings. The van der Waals surface area contributed by atoms with E-state index in [9.17, 15) is 0 Å². The molecule has 3 nitrogen and oxygen atoms in total. The van der Waals surface area contributed by atoms with Crippen molar-refractivity contribution in [2.45, 2.75) is 33.1 Å². The second-order valence-electron chi connectivity index (χ2n) is 5.69. The van der Waals surface area contributed by atoms with Crippen LogP contribution in [0.25, 0.3) is 10.2 Å². The predicted octanol–water partition coefficient (Wildman–Crippen LogP) is 3.97. The maximum Gasteiger partial charge on any atom is 0.0866 e. The van der Waals surface area contributed by atoms with Crippen LogP contribution in [-0.2, 0) is 12.8 Å². The van der Waals surface area contributed by atoms with Gasteiger partial charge in [-0.15, -0.1) is 11.3 Å². The molecule has 4 heteroatoms. The third kappa shape index (κ3) is 2.94. The van der Waals surface area contributed by atoms with Crippen LogP contribution in [0.4, 0.5) is 5.69 Å². The van der Waals surface area contributed by atoms with Crippen LogP contribution in [0.1, 0.15) is 29.5 Å². The van der Waals surface area contributed by atoms with Crippen LogP contribution >= 0.6 is 11.3 Å². The van der Waals surface area contributed by atoms with Crippen molar-refractivity contribution < 1.29 is 0 Å². The van der Waals surface area contributed by atoms with Gasteiger partial charge in [0.15, 0.2) is 0 Å². The molecular weight excluding hydrogens is 290 g/mol. The van der Waals surface area contributed by atoms with Crippen molar-refractivity contribution in [2.24, 2.45) is 5.73 Å². The molecule has 2 aromatic heterocycles. The van der Waals surface area contributed by atoms with Gasteiger partial charge >= 0.3 is 0 Å². The first-order valence-corrected chi connectivity index (χ1v) is 8.75. The molecule has 0 aromatic carbocycles. The van der Waals surface area contributed by atoms with E-state index in [1.807, 2.05) is 11.3 Å². The minimum absolute atomic E-state index is 0.690. The first-order valence-electron chi connectivity index (χ1n) is 7.93. The van der Waals surface area contributed by atoms with Gasteiger partial charge in [-0.3, -0.25) is 4.98 Å². The molecule has 0 radical (unpaired) electrons. The molecule has 0 saturated carbocycles. The summed E-state index contributed by atoms with van der Waals surface area (Å²) in [6, 6.07) is 2.20. The molecule has 116 valence electrons. The van der Waals surface area contributed by atoms with Gasteiger partial charge in [0.1, 0.15) is 0 Å². The fourth-order valence-corrected chi connectivity index (χ4v) is 4.04. The second-order valence-corrected chi connectivity index (χ2v) is 6.80. The number of rotatable bonds is 6. The summed E-state index contributed by atoms with van der Waals surface area (Å²) in [5.74, 6) is 0. The maximum atomic E-state index is 5.74. The van der Waals surface area contributed by atoms with Gasteiger partial charge in [0.25, 0.3) is 0 Å². The van der Waals surface area contributed by atoms with E-state index < -0.39 is 0 Å². The molecule has 0 amide bonds. The molecule has 0 saturated heterocycles. The third-order valence-corrected chi connectivity index (χ3v) is 5.49. The lowest BCUT2D eigenvalue weighted by atomic mass is 10.1. The van der Waals surface area contributed by atoms with Crippen molar-refractivity contribution in [3.05, 3.63) is 46.0 Å². The van der Waals surface area contributed by atoms with Crippen LogP contribution in [0.2, 0.25) is 0 Å². The van der Waals surface area contributed by atoms with Gasteiger partial charge < -0.3 is 11.1 Å². The minimum atomic E-state index is 0.690. The third-order valence-electron chi connectivity index (χ3n) is 4.11. The number of aromatic nitrogens is 1. The van der Waals surface area contributed by atoms with E-state index in [1.54, 1.807) is 0 Å². The SMILES string of the molecule is CCc1cc(NCC2=CC=CC2)c2sc(CCN)c(C)c2n1. The minimum Gasteiger partial charge on any atom is -0.380 e. The van der Waals surface area contributed by atoms with Crippen molar-refractivity contribution in [3.8, 4) is 0 Å². The Morgan fingerprint density at radius 2 is 2.27 bits per heavy atom. The summed E-state index contributed by atoms with van der Waals surface area (Å²) in [5, 5.41) is 3.62. The van der Waals surface area contributed by atoms with Crippen LogP contribution in [-0.4, -0.2) is 18.1 Å². The van der Waals surface area contributed by atoms with Crippen molar-refractivity contribution in [1.82, 2.24) is 4.98 Å². The zero-order valence-corrected chi connectivity index (χ0v) is 14.1. The molecule has 0 aliphatic heterocycles. The van der Waals surface area contributed by atoms with Crippen LogP contribution < -0.4 is 11.1 Å². The van der Waals surface area contributed by atoms with E-state index in [1.165, 1.54) is 26.4 Å². The number of nitrogens with one attached hydrogen (secondary N) is 1. The van der Waals surface area contributed by atoms with Crippen LogP contribution in [0.15, 0.2) is 29.9 Å². The molecule has 22 heavy (non-hydrogen) atoms. The molecule has 0 bridgehead atoms. The molecule has 0 fully saturated rings. The number of anilines is 1. The maximum absolute atomic E-state index is 5.74. The van der Waals surface area contributed by atoms with E-state index >= 15 is 0 Å². The number of aryl methyl sites for hydroxylation is 2. The zero-order valence-electron chi connectivity index (χ0n) is 13.3. The highest BCUT2D eigenvalue weighted by molar-refractivity contribution is 7.19. The fourth-order valence-electron chi connectivity index (χ4n) is 2.79. The lowest BCUT2D eigenvalue weighted by Crippen LogP contribution is -2.04. The molecule has 2 heterocycles. The van der Waals surface area contributed by atoms with Crippen molar-refractivity contribution in [1.29, 1.82) is 0 Å². The number of nitrogens with zero attached hydrogens (tertiary/aromatic N) is 1. The Bertz CT molecular complexity index is 740. The van der Waals surface area contributed by atoms with Gasteiger partial charge in [-0.1, -0.05) is 25.2 Å². The first-order chi connectivity index (χ1) is 10.7. The molecule has 3 N–H and O–H groups in total.